The van der Waals surface area contributed by atoms with Crippen LogP contribution in [0.25, 0.3) is 0 Å². The van der Waals surface area contributed by atoms with Gasteiger partial charge in [0.1, 0.15) is 18.6 Å². The number of aromatic nitrogens is 2. The Labute approximate surface area is 123 Å². The maximum Gasteiger partial charge on any atom is 0.330 e. The van der Waals surface area contributed by atoms with Gasteiger partial charge in [-0.25, -0.2) is 4.79 Å². The summed E-state index contributed by atoms with van der Waals surface area (Å²) in [6, 6.07) is 0. The quantitative estimate of drug-likeness (QED) is 0.650. The Morgan fingerprint density at radius 2 is 2.57 bits per heavy atom. The van der Waals surface area contributed by atoms with E-state index < -0.39 is 36.7 Å². The van der Waals surface area contributed by atoms with Crippen LogP contribution in [0.4, 0.5) is 0 Å². The van der Waals surface area contributed by atoms with Gasteiger partial charge in [0.25, 0.3) is 5.56 Å². The predicted molar refractivity (Wildman–Crippen MR) is 72.1 cm³/mol. The van der Waals surface area contributed by atoms with Crippen molar-refractivity contribution < 1.29 is 22.1 Å². The molecule has 0 aliphatic carbocycles. The molecule has 8 heteroatoms. The minimum absolute atomic E-state index is 0.105. The number of carbonyl (C=O) groups is 1. The summed E-state index contributed by atoms with van der Waals surface area (Å²) in [5, 5.41) is 9.93. The van der Waals surface area contributed by atoms with Crippen molar-refractivity contribution in [1.82, 2.24) is 9.55 Å². The minimum Gasteiger partial charge on any atom is -0.390 e. The topological polar surface area (TPSA) is 111 Å². The molecule has 0 aromatic carbocycles. The van der Waals surface area contributed by atoms with E-state index >= 15 is 0 Å². The molecule has 2 heterocycles. The van der Waals surface area contributed by atoms with Gasteiger partial charge in [0, 0.05) is 31.7 Å². The first kappa shape index (κ1) is 12.9. The maximum atomic E-state index is 11.9. The third kappa shape index (κ3) is 3.46. The Hall–Kier alpha value is -1.77. The molecule has 1 saturated heterocycles. The average Bonchev–Trinajstić information content (AvgIpc) is 2.85. The molecule has 1 aliphatic rings. The summed E-state index contributed by atoms with van der Waals surface area (Å²) >= 11 is 0. The molecule has 8 nitrogen and oxygen atoms in total. The van der Waals surface area contributed by atoms with Crippen molar-refractivity contribution in [3.63, 3.8) is 0 Å². The van der Waals surface area contributed by atoms with E-state index in [1.807, 2.05) is 0 Å². The van der Waals surface area contributed by atoms with Crippen LogP contribution in [0.15, 0.2) is 15.8 Å². The predicted octanol–water partition coefficient (Wildman–Crippen LogP) is -1.04. The summed E-state index contributed by atoms with van der Waals surface area (Å²) in [4.78, 5) is 36.2. The minimum atomic E-state index is -1.49. The number of aliphatic hydroxyl groups excluding tert-OH is 1. The normalized spacial score (nSPS) is 28.0. The number of rotatable bonds is 6. The van der Waals surface area contributed by atoms with Crippen molar-refractivity contribution in [3.8, 4) is 0 Å². The lowest BCUT2D eigenvalue weighted by Crippen LogP contribution is -2.34. The van der Waals surface area contributed by atoms with Gasteiger partial charge in [0.2, 0.25) is 0 Å². The van der Waals surface area contributed by atoms with Crippen LogP contribution in [0, 0.1) is 0 Å². The number of nitrogens with zero attached hydrogens (tertiary/aromatic N) is 1. The second kappa shape index (κ2) is 6.79. The number of carbonyl (C=O) groups excluding carboxylic acids is 1. The molecule has 0 saturated carbocycles. The molecule has 0 bridgehead atoms. The number of hydrogen-bond donors (Lipinski definition) is 2. The number of methoxy groups -OCH3 is 1. The molecule has 0 radical (unpaired) electrons. The number of aliphatic hydroxyl groups is 1. The molecule has 1 aliphatic heterocycles. The Morgan fingerprint density at radius 1 is 1.76 bits per heavy atom. The molecule has 2 N–H and O–H groups in total. The zero-order valence-corrected chi connectivity index (χ0v) is 11.2. The van der Waals surface area contributed by atoms with E-state index in [9.17, 15) is 19.5 Å². The van der Waals surface area contributed by atoms with Gasteiger partial charge in [-0.1, -0.05) is 0 Å². The molecule has 0 spiro atoms. The molecule has 116 valence electrons. The van der Waals surface area contributed by atoms with Crippen molar-refractivity contribution >= 4 is 6.29 Å². The highest BCUT2D eigenvalue weighted by Gasteiger charge is 2.35. The van der Waals surface area contributed by atoms with Crippen molar-refractivity contribution in [2.24, 2.45) is 0 Å². The van der Waals surface area contributed by atoms with Gasteiger partial charge in [-0.2, -0.15) is 0 Å². The first-order chi connectivity index (χ1) is 10.9. The number of aldehydes is 1. The van der Waals surface area contributed by atoms with Crippen molar-refractivity contribution in [3.05, 3.63) is 32.6 Å². The van der Waals surface area contributed by atoms with E-state index in [-0.39, 0.29) is 31.4 Å². The molecule has 1 aromatic heterocycles. The number of ether oxygens (including phenoxy) is 2. The van der Waals surface area contributed by atoms with Crippen LogP contribution >= 0.6 is 0 Å². The zero-order valence-electron chi connectivity index (χ0n) is 13.2. The standard InChI is InChI=1S/C13H18N2O6/c1-20-7-10-9(17)5-11(21-10)15-6-8(3-2-4-16)12(18)14-13(15)19/h4,6,9-11,17H,2-3,5,7H2,1H3,(H,14,18,19)/i1TD. The van der Waals surface area contributed by atoms with E-state index in [0.717, 1.165) is 4.57 Å². The Morgan fingerprint density at radius 3 is 3.29 bits per heavy atom. The SMILES string of the molecule is [2H]C([3H])OCC1OC(n2cc(CCC=O)c(=O)[nH]c2=O)CC1O. The number of nitrogens with one attached hydrogen (secondary N) is 1. The Balaban J connectivity index is 2.17. The van der Waals surface area contributed by atoms with Crippen LogP contribution in [-0.2, 0) is 20.7 Å². The third-order valence-corrected chi connectivity index (χ3v) is 3.35. The molecular weight excluding hydrogens is 280 g/mol. The largest absolute Gasteiger partial charge is 0.390 e. The fraction of sp³-hybridized carbons (Fsp3) is 0.615. The van der Waals surface area contributed by atoms with Gasteiger partial charge >= 0.3 is 5.69 Å². The van der Waals surface area contributed by atoms with Crippen LogP contribution in [0.5, 0.6) is 0 Å². The second-order valence-corrected chi connectivity index (χ2v) is 4.79. The fourth-order valence-electron chi connectivity index (χ4n) is 2.26. The lowest BCUT2D eigenvalue weighted by molar-refractivity contribution is -0.107. The van der Waals surface area contributed by atoms with E-state index in [2.05, 4.69) is 4.98 Å². The van der Waals surface area contributed by atoms with E-state index in [1.54, 1.807) is 0 Å². The monoisotopic (exact) mass is 301 g/mol. The molecule has 2 rings (SSSR count). The highest BCUT2D eigenvalue weighted by Crippen LogP contribution is 2.27. The first-order valence-corrected chi connectivity index (χ1v) is 6.50. The summed E-state index contributed by atoms with van der Waals surface area (Å²) in [7, 11) is -1.49. The first-order valence-electron chi connectivity index (χ1n) is 7.65. The number of aromatic amines is 1. The van der Waals surface area contributed by atoms with Crippen molar-refractivity contribution in [1.29, 1.82) is 0 Å². The van der Waals surface area contributed by atoms with Gasteiger partial charge in [-0.15, -0.1) is 0 Å². The Bertz CT molecular complexity index is 659. The van der Waals surface area contributed by atoms with Gasteiger partial charge in [0.05, 0.1) is 15.5 Å². The highest BCUT2D eigenvalue weighted by molar-refractivity contribution is 5.49. The van der Waals surface area contributed by atoms with Gasteiger partial charge in [-0.3, -0.25) is 14.3 Å². The lowest BCUT2D eigenvalue weighted by atomic mass is 10.2. The summed E-state index contributed by atoms with van der Waals surface area (Å²) in [6.07, 6.45) is -0.0348. The van der Waals surface area contributed by atoms with E-state index in [0.29, 0.717) is 6.29 Å². The molecule has 1 fully saturated rings. The van der Waals surface area contributed by atoms with E-state index in [4.69, 9.17) is 12.2 Å². The number of hydrogen-bond acceptors (Lipinski definition) is 6. The van der Waals surface area contributed by atoms with Crippen LogP contribution in [0.1, 0.15) is 27.4 Å². The van der Waals surface area contributed by atoms with Crippen LogP contribution in [-0.4, -0.2) is 46.8 Å². The smallest absolute Gasteiger partial charge is 0.330 e. The molecule has 4 unspecified atom stereocenters. The summed E-state index contributed by atoms with van der Waals surface area (Å²) in [6.45, 7) is -0.147. The fourth-order valence-corrected chi connectivity index (χ4v) is 2.26. The highest BCUT2D eigenvalue weighted by atomic mass is 16.6. The van der Waals surface area contributed by atoms with E-state index in [1.165, 1.54) is 6.20 Å². The zero-order chi connectivity index (χ0) is 17.0. The molecule has 1 aromatic rings. The van der Waals surface area contributed by atoms with Gasteiger partial charge in [0.15, 0.2) is 0 Å². The number of H-pyrrole nitrogens is 1. The number of aryl methyl sites for hydroxylation is 1. The van der Waals surface area contributed by atoms with Crippen molar-refractivity contribution in [2.45, 2.75) is 37.7 Å². The summed E-state index contributed by atoms with van der Waals surface area (Å²) in [5.74, 6) is 0. The molecule has 21 heavy (non-hydrogen) atoms. The van der Waals surface area contributed by atoms with Crippen LogP contribution in [0.3, 0.4) is 0 Å². The average molecular weight is 301 g/mol. The molecule has 0 amide bonds. The molecular formula is C13H18N2O6. The summed E-state index contributed by atoms with van der Waals surface area (Å²) in [5.41, 5.74) is -0.966. The lowest BCUT2D eigenvalue weighted by Gasteiger charge is -2.16. The maximum absolute atomic E-state index is 11.9. The van der Waals surface area contributed by atoms with Gasteiger partial charge in [-0.05, 0) is 6.42 Å². The summed E-state index contributed by atoms with van der Waals surface area (Å²) < 4.78 is 25.4. The third-order valence-electron chi connectivity index (χ3n) is 3.35. The van der Waals surface area contributed by atoms with Crippen LogP contribution in [0.2, 0.25) is 0 Å². The van der Waals surface area contributed by atoms with Crippen molar-refractivity contribution in [2.75, 3.05) is 13.7 Å². The van der Waals surface area contributed by atoms with Gasteiger partial charge < -0.3 is 19.4 Å². The Kier molecular flexibility index (Phi) is 4.18. The second-order valence-electron chi connectivity index (χ2n) is 4.79. The van der Waals surface area contributed by atoms with Crippen LogP contribution < -0.4 is 11.2 Å². The molecule has 4 atom stereocenters.